The molecule has 1 aromatic carbocycles. The maximum atomic E-state index is 12.8. The van der Waals surface area contributed by atoms with Crippen LogP contribution in [0.1, 0.15) is 44.1 Å². The molecule has 2 aliphatic heterocycles. The highest BCUT2D eigenvalue weighted by Crippen LogP contribution is 2.38. The third-order valence-electron chi connectivity index (χ3n) is 6.14. The summed E-state index contributed by atoms with van der Waals surface area (Å²) in [6, 6.07) is 9.92. The molecule has 2 unspecified atom stereocenters. The maximum Gasteiger partial charge on any atom is 0.410 e. The molecule has 2 bridgehead atoms. The molecule has 3 rings (SSSR count). The molecule has 0 aliphatic carbocycles. The van der Waals surface area contributed by atoms with Crippen molar-refractivity contribution in [2.45, 2.75) is 57.2 Å². The minimum Gasteiger partial charge on any atom is -0.445 e. The van der Waals surface area contributed by atoms with Crippen LogP contribution in [0, 0.1) is 5.92 Å². The molecule has 31 heavy (non-hydrogen) atoms. The predicted octanol–water partition coefficient (Wildman–Crippen LogP) is 3.60. The Balaban J connectivity index is 1.40. The van der Waals surface area contributed by atoms with E-state index in [2.05, 4.69) is 0 Å². The van der Waals surface area contributed by atoms with Crippen LogP contribution in [-0.4, -0.2) is 69.0 Å². The van der Waals surface area contributed by atoms with Gasteiger partial charge in [0, 0.05) is 31.5 Å². The van der Waals surface area contributed by atoms with Crippen LogP contribution in [-0.2, 0) is 30.3 Å². The number of hydrogen-bond donors (Lipinski definition) is 0. The van der Waals surface area contributed by atoms with E-state index in [1.165, 1.54) is 0 Å². The van der Waals surface area contributed by atoms with Gasteiger partial charge in [-0.3, -0.25) is 4.79 Å². The molecule has 2 atom stereocenters. The molecule has 0 aromatic heterocycles. The van der Waals surface area contributed by atoms with Crippen molar-refractivity contribution in [1.82, 2.24) is 4.90 Å². The normalized spacial score (nSPS) is 22.9. The number of piperidine rings is 2. The van der Waals surface area contributed by atoms with Crippen molar-refractivity contribution in [3.63, 3.8) is 0 Å². The van der Waals surface area contributed by atoms with Crippen molar-refractivity contribution in [1.29, 1.82) is 0 Å². The van der Waals surface area contributed by atoms with Gasteiger partial charge in [0.05, 0.1) is 33.0 Å². The fourth-order valence-electron chi connectivity index (χ4n) is 4.58. The van der Waals surface area contributed by atoms with E-state index < -0.39 is 0 Å². The van der Waals surface area contributed by atoms with Crippen LogP contribution in [0.25, 0.3) is 0 Å². The summed E-state index contributed by atoms with van der Waals surface area (Å²) >= 11 is 0. The number of amides is 1. The maximum absolute atomic E-state index is 12.8. The van der Waals surface area contributed by atoms with Gasteiger partial charge in [0.15, 0.2) is 0 Å². The topological polar surface area (TPSA) is 74.3 Å². The second-order valence-corrected chi connectivity index (χ2v) is 8.29. The van der Waals surface area contributed by atoms with Crippen LogP contribution < -0.4 is 0 Å². The van der Waals surface area contributed by atoms with Gasteiger partial charge in [-0.15, -0.1) is 0 Å². The molecule has 0 spiro atoms. The zero-order valence-corrected chi connectivity index (χ0v) is 18.5. The molecule has 2 aliphatic rings. The second-order valence-electron chi connectivity index (χ2n) is 8.29. The molecule has 1 aromatic rings. The van der Waals surface area contributed by atoms with Crippen LogP contribution >= 0.6 is 0 Å². The van der Waals surface area contributed by atoms with Crippen molar-refractivity contribution >= 4 is 11.9 Å². The highest BCUT2D eigenvalue weighted by atomic mass is 16.6. The van der Waals surface area contributed by atoms with E-state index in [4.69, 9.17) is 18.9 Å². The highest BCUT2D eigenvalue weighted by molar-refractivity contribution is 5.81. The number of benzene rings is 1. The molecular formula is C24H35NO6. The van der Waals surface area contributed by atoms with E-state index in [-0.39, 0.29) is 36.5 Å². The van der Waals surface area contributed by atoms with Crippen LogP contribution in [0.5, 0.6) is 0 Å². The number of methoxy groups -OCH3 is 1. The number of carbonyl (C=O) groups is 2. The summed E-state index contributed by atoms with van der Waals surface area (Å²) in [7, 11) is 1.64. The van der Waals surface area contributed by atoms with Gasteiger partial charge < -0.3 is 23.8 Å². The minimum absolute atomic E-state index is 0.00928. The van der Waals surface area contributed by atoms with E-state index in [0.717, 1.165) is 37.7 Å². The van der Waals surface area contributed by atoms with Crippen LogP contribution in [0.3, 0.4) is 0 Å². The summed E-state index contributed by atoms with van der Waals surface area (Å²) in [5.74, 6) is 0.254. The summed E-state index contributed by atoms with van der Waals surface area (Å²) in [4.78, 5) is 27.4. The molecule has 0 radical (unpaired) electrons. The second kappa shape index (κ2) is 12.8. The first-order valence-electron chi connectivity index (χ1n) is 11.3. The van der Waals surface area contributed by atoms with E-state index in [0.29, 0.717) is 39.5 Å². The lowest BCUT2D eigenvalue weighted by Gasteiger charge is -2.47. The molecule has 1 amide bonds. The standard InChI is InChI=1S/C24H35NO6/c1-28-12-13-30-15-14-29-11-10-23(26)20-16-21-8-5-9-22(17-20)25(21)24(27)31-18-19-6-3-2-4-7-19/h2-4,6-7,20-22H,5,8-18H2,1H3. The highest BCUT2D eigenvalue weighted by Gasteiger charge is 2.43. The molecule has 0 N–H and O–H groups in total. The van der Waals surface area contributed by atoms with Gasteiger partial charge in [-0.25, -0.2) is 4.79 Å². The number of fused-ring (bicyclic) bond motifs is 2. The average Bonchev–Trinajstić information content (AvgIpc) is 2.79. The lowest BCUT2D eigenvalue weighted by atomic mass is 9.76. The molecule has 7 nitrogen and oxygen atoms in total. The Hall–Kier alpha value is -1.96. The Kier molecular flexibility index (Phi) is 9.78. The zero-order chi connectivity index (χ0) is 21.9. The molecule has 0 saturated carbocycles. The number of carbonyl (C=O) groups excluding carboxylic acids is 2. The van der Waals surface area contributed by atoms with E-state index in [1.54, 1.807) is 7.11 Å². The fourth-order valence-corrected chi connectivity index (χ4v) is 4.58. The first-order chi connectivity index (χ1) is 15.2. The van der Waals surface area contributed by atoms with Crippen LogP contribution in [0.2, 0.25) is 0 Å². The number of Topliss-reactive ketones (excluding diaryl/α,β-unsaturated/α-hetero) is 1. The average molecular weight is 434 g/mol. The fraction of sp³-hybridized carbons (Fsp3) is 0.667. The Morgan fingerprint density at radius 1 is 0.935 bits per heavy atom. The number of nitrogens with zero attached hydrogens (tertiary/aromatic N) is 1. The summed E-state index contributed by atoms with van der Waals surface area (Å²) in [5.41, 5.74) is 0.982. The summed E-state index contributed by atoms with van der Waals surface area (Å²) in [6.45, 7) is 2.80. The van der Waals surface area contributed by atoms with E-state index in [9.17, 15) is 9.59 Å². The number of hydrogen-bond acceptors (Lipinski definition) is 6. The number of ether oxygens (including phenoxy) is 4. The number of rotatable bonds is 12. The Morgan fingerprint density at radius 2 is 1.58 bits per heavy atom. The predicted molar refractivity (Wildman–Crippen MR) is 116 cm³/mol. The summed E-state index contributed by atoms with van der Waals surface area (Å²) in [6.07, 6.45) is 4.62. The molecule has 172 valence electrons. The monoisotopic (exact) mass is 433 g/mol. The van der Waals surface area contributed by atoms with Gasteiger partial charge in [0.1, 0.15) is 12.4 Å². The summed E-state index contributed by atoms with van der Waals surface area (Å²) in [5, 5.41) is 0. The Morgan fingerprint density at radius 3 is 2.26 bits per heavy atom. The SMILES string of the molecule is COCCOCCOCCC(=O)C1CC2CCCC(C1)N2C(=O)OCc1ccccc1. The van der Waals surface area contributed by atoms with Crippen LogP contribution in [0.4, 0.5) is 4.79 Å². The van der Waals surface area contributed by atoms with Crippen molar-refractivity contribution in [2.24, 2.45) is 5.92 Å². The third-order valence-corrected chi connectivity index (χ3v) is 6.14. The molecule has 2 heterocycles. The molecule has 7 heteroatoms. The summed E-state index contributed by atoms with van der Waals surface area (Å²) < 4.78 is 21.4. The number of ketones is 1. The largest absolute Gasteiger partial charge is 0.445 e. The van der Waals surface area contributed by atoms with Gasteiger partial charge in [-0.2, -0.15) is 0 Å². The smallest absolute Gasteiger partial charge is 0.410 e. The molecule has 2 fully saturated rings. The van der Waals surface area contributed by atoms with Gasteiger partial charge in [-0.1, -0.05) is 30.3 Å². The first-order valence-corrected chi connectivity index (χ1v) is 11.3. The van der Waals surface area contributed by atoms with E-state index >= 15 is 0 Å². The third kappa shape index (κ3) is 7.30. The van der Waals surface area contributed by atoms with E-state index in [1.807, 2.05) is 35.2 Å². The van der Waals surface area contributed by atoms with Crippen molar-refractivity contribution in [2.75, 3.05) is 40.1 Å². The van der Waals surface area contributed by atoms with Crippen molar-refractivity contribution < 1.29 is 28.5 Å². The minimum atomic E-state index is -0.249. The lowest BCUT2D eigenvalue weighted by Crippen LogP contribution is -2.55. The Bertz CT molecular complexity index is 668. The van der Waals surface area contributed by atoms with Gasteiger partial charge in [0.2, 0.25) is 0 Å². The van der Waals surface area contributed by atoms with Gasteiger partial charge in [-0.05, 0) is 37.7 Å². The quantitative estimate of drug-likeness (QED) is 0.469. The Labute approximate surface area is 185 Å². The van der Waals surface area contributed by atoms with Gasteiger partial charge in [0.25, 0.3) is 0 Å². The van der Waals surface area contributed by atoms with Gasteiger partial charge >= 0.3 is 6.09 Å². The van der Waals surface area contributed by atoms with Crippen molar-refractivity contribution in [3.05, 3.63) is 35.9 Å². The van der Waals surface area contributed by atoms with Crippen LogP contribution in [0.15, 0.2) is 30.3 Å². The zero-order valence-electron chi connectivity index (χ0n) is 18.5. The first kappa shape index (κ1) is 23.7. The lowest BCUT2D eigenvalue weighted by molar-refractivity contribution is -0.128. The van der Waals surface area contributed by atoms with Crippen molar-refractivity contribution in [3.8, 4) is 0 Å². The molecule has 2 saturated heterocycles. The molecular weight excluding hydrogens is 398 g/mol.